The lowest BCUT2D eigenvalue weighted by Crippen LogP contribution is -2.33. The van der Waals surface area contributed by atoms with Crippen molar-refractivity contribution in [1.29, 1.82) is 0 Å². The summed E-state index contributed by atoms with van der Waals surface area (Å²) in [5.74, 6) is 0. The van der Waals surface area contributed by atoms with Gasteiger partial charge in [0, 0.05) is 10.9 Å². The molecule has 0 amide bonds. The lowest BCUT2D eigenvalue weighted by molar-refractivity contribution is 0.502. The van der Waals surface area contributed by atoms with Crippen LogP contribution in [0.4, 0.5) is 0 Å². The Balaban J connectivity index is 1.92. The van der Waals surface area contributed by atoms with Gasteiger partial charge in [-0.15, -0.1) is 11.3 Å². The predicted molar refractivity (Wildman–Crippen MR) is 72.5 cm³/mol. The van der Waals surface area contributed by atoms with Crippen LogP contribution in [0, 0.1) is 0 Å². The van der Waals surface area contributed by atoms with Gasteiger partial charge in [0.05, 0.1) is 12.5 Å². The van der Waals surface area contributed by atoms with Crippen LogP contribution in [0.2, 0.25) is 0 Å². The summed E-state index contributed by atoms with van der Waals surface area (Å²) in [6.45, 7) is 3.28. The van der Waals surface area contributed by atoms with Crippen LogP contribution in [0.3, 0.4) is 0 Å². The second-order valence-electron chi connectivity index (χ2n) is 4.27. The maximum atomic E-state index is 5.13. The van der Waals surface area contributed by atoms with Crippen molar-refractivity contribution in [3.8, 4) is 0 Å². The first-order chi connectivity index (χ1) is 8.38. The molecule has 17 heavy (non-hydrogen) atoms. The molecule has 3 heteroatoms. The van der Waals surface area contributed by atoms with Gasteiger partial charge in [0.1, 0.15) is 0 Å². The summed E-state index contributed by atoms with van der Waals surface area (Å²) in [5, 5.41) is 5.75. The monoisotopic (exact) mass is 249 g/mol. The molecule has 92 valence electrons. The van der Waals surface area contributed by atoms with E-state index in [1.165, 1.54) is 16.9 Å². The van der Waals surface area contributed by atoms with E-state index in [1.54, 1.807) is 6.26 Å². The van der Waals surface area contributed by atoms with Gasteiger partial charge in [0.2, 0.25) is 0 Å². The van der Waals surface area contributed by atoms with Crippen molar-refractivity contribution in [3.63, 3.8) is 0 Å². The normalized spacial score (nSPS) is 12.8. The molecule has 0 fully saturated rings. The molecule has 0 saturated heterocycles. The molecule has 2 rings (SSSR count). The first kappa shape index (κ1) is 12.4. The molecule has 0 spiro atoms. The number of hydrogen-bond donors (Lipinski definition) is 1. The second kappa shape index (κ2) is 6.62. The van der Waals surface area contributed by atoms with E-state index in [-0.39, 0.29) is 0 Å². The first-order valence-electron chi connectivity index (χ1n) is 6.15. The van der Waals surface area contributed by atoms with Gasteiger partial charge in [0.15, 0.2) is 0 Å². The Morgan fingerprint density at radius 2 is 2.29 bits per heavy atom. The van der Waals surface area contributed by atoms with Gasteiger partial charge in [-0.2, -0.15) is 0 Å². The molecule has 0 bridgehead atoms. The van der Waals surface area contributed by atoms with Crippen molar-refractivity contribution >= 4 is 11.3 Å². The third-order valence-electron chi connectivity index (χ3n) is 2.77. The Bertz CT molecular complexity index is 358. The summed E-state index contributed by atoms with van der Waals surface area (Å²) >= 11 is 1.83. The van der Waals surface area contributed by atoms with Gasteiger partial charge in [-0.25, -0.2) is 0 Å². The van der Waals surface area contributed by atoms with Gasteiger partial charge in [0.25, 0.3) is 0 Å². The average Bonchev–Trinajstić information content (AvgIpc) is 2.99. The number of hydrogen-bond acceptors (Lipinski definition) is 3. The highest BCUT2D eigenvalue weighted by molar-refractivity contribution is 7.09. The molecule has 0 radical (unpaired) electrons. The number of thiophene rings is 1. The molecule has 1 N–H and O–H groups in total. The molecule has 2 heterocycles. The Hall–Kier alpha value is -1.06. The zero-order chi connectivity index (χ0) is 11.9. The molecule has 0 aliphatic rings. The fourth-order valence-electron chi connectivity index (χ4n) is 1.93. The second-order valence-corrected chi connectivity index (χ2v) is 5.30. The Morgan fingerprint density at radius 1 is 1.35 bits per heavy atom. The number of rotatable bonds is 7. The maximum Gasteiger partial charge on any atom is 0.0935 e. The quantitative estimate of drug-likeness (QED) is 0.812. The smallest absolute Gasteiger partial charge is 0.0935 e. The molecule has 0 saturated carbocycles. The zero-order valence-electron chi connectivity index (χ0n) is 10.2. The van der Waals surface area contributed by atoms with E-state index < -0.39 is 0 Å². The minimum atomic E-state index is 0.506. The molecule has 2 aromatic heterocycles. The topological polar surface area (TPSA) is 25.2 Å². The van der Waals surface area contributed by atoms with E-state index in [0.29, 0.717) is 6.04 Å². The highest BCUT2D eigenvalue weighted by Gasteiger charge is 2.11. The highest BCUT2D eigenvalue weighted by atomic mass is 32.1. The maximum absolute atomic E-state index is 5.13. The lowest BCUT2D eigenvalue weighted by atomic mass is 10.0. The Kier molecular flexibility index (Phi) is 4.83. The van der Waals surface area contributed by atoms with Crippen LogP contribution < -0.4 is 5.32 Å². The third-order valence-corrected chi connectivity index (χ3v) is 3.67. The largest absolute Gasteiger partial charge is 0.472 e. The molecule has 1 atom stereocenters. The van der Waals surface area contributed by atoms with Gasteiger partial charge >= 0.3 is 0 Å². The van der Waals surface area contributed by atoms with Crippen LogP contribution >= 0.6 is 11.3 Å². The van der Waals surface area contributed by atoms with E-state index in [9.17, 15) is 0 Å². The van der Waals surface area contributed by atoms with E-state index in [4.69, 9.17) is 4.42 Å². The summed E-state index contributed by atoms with van der Waals surface area (Å²) in [5.41, 5.74) is 1.27. The fraction of sp³-hybridized carbons (Fsp3) is 0.429. The van der Waals surface area contributed by atoms with Gasteiger partial charge in [-0.05, 0) is 48.9 Å². The first-order valence-corrected chi connectivity index (χ1v) is 7.03. The van der Waals surface area contributed by atoms with Crippen LogP contribution in [0.25, 0.3) is 0 Å². The third kappa shape index (κ3) is 4.02. The van der Waals surface area contributed by atoms with E-state index >= 15 is 0 Å². The van der Waals surface area contributed by atoms with Crippen molar-refractivity contribution in [2.24, 2.45) is 0 Å². The minimum Gasteiger partial charge on any atom is -0.472 e. The fourth-order valence-corrected chi connectivity index (χ4v) is 2.72. The molecule has 2 nitrogen and oxygen atoms in total. The summed E-state index contributed by atoms with van der Waals surface area (Å²) < 4.78 is 5.13. The van der Waals surface area contributed by atoms with Gasteiger partial charge < -0.3 is 9.73 Å². The summed E-state index contributed by atoms with van der Waals surface area (Å²) in [6.07, 6.45) is 6.90. The molecule has 2 aromatic rings. The van der Waals surface area contributed by atoms with E-state index in [0.717, 1.165) is 19.4 Å². The average molecular weight is 249 g/mol. The van der Waals surface area contributed by atoms with Crippen LogP contribution in [0.15, 0.2) is 40.5 Å². The van der Waals surface area contributed by atoms with Crippen molar-refractivity contribution < 1.29 is 4.42 Å². The Morgan fingerprint density at radius 3 is 2.94 bits per heavy atom. The van der Waals surface area contributed by atoms with Crippen LogP contribution in [0.1, 0.15) is 23.8 Å². The molecule has 0 aliphatic heterocycles. The predicted octanol–water partition coefficient (Wildman–Crippen LogP) is 3.49. The summed E-state index contributed by atoms with van der Waals surface area (Å²) in [6, 6.07) is 6.89. The summed E-state index contributed by atoms with van der Waals surface area (Å²) in [7, 11) is 0. The standard InChI is InChI=1S/C14H19NOS/c1-2-6-15-13(9-12-5-7-16-11-12)10-14-4-3-8-17-14/h3-5,7-8,11,13,15H,2,6,9-10H2,1H3. The van der Waals surface area contributed by atoms with E-state index in [2.05, 4.69) is 35.8 Å². The van der Waals surface area contributed by atoms with Crippen molar-refractivity contribution in [1.82, 2.24) is 5.32 Å². The van der Waals surface area contributed by atoms with Crippen LogP contribution in [0.5, 0.6) is 0 Å². The molecule has 1 unspecified atom stereocenters. The van der Waals surface area contributed by atoms with Crippen molar-refractivity contribution in [2.75, 3.05) is 6.54 Å². The minimum absolute atomic E-state index is 0.506. The van der Waals surface area contributed by atoms with Crippen LogP contribution in [-0.2, 0) is 12.8 Å². The summed E-state index contributed by atoms with van der Waals surface area (Å²) in [4.78, 5) is 1.45. The van der Waals surface area contributed by atoms with Gasteiger partial charge in [-0.3, -0.25) is 0 Å². The van der Waals surface area contributed by atoms with Crippen LogP contribution in [-0.4, -0.2) is 12.6 Å². The zero-order valence-corrected chi connectivity index (χ0v) is 11.0. The van der Waals surface area contributed by atoms with Crippen molar-refractivity contribution in [3.05, 3.63) is 46.5 Å². The molecular formula is C14H19NOS. The lowest BCUT2D eigenvalue weighted by Gasteiger charge is -2.16. The SMILES string of the molecule is CCCNC(Cc1ccoc1)Cc1cccs1. The molecule has 0 aliphatic carbocycles. The molecule has 0 aromatic carbocycles. The highest BCUT2D eigenvalue weighted by Crippen LogP contribution is 2.14. The number of nitrogens with one attached hydrogen (secondary N) is 1. The number of furan rings is 1. The van der Waals surface area contributed by atoms with E-state index in [1.807, 2.05) is 17.6 Å². The van der Waals surface area contributed by atoms with Crippen molar-refractivity contribution in [2.45, 2.75) is 32.2 Å². The molecular weight excluding hydrogens is 230 g/mol. The van der Waals surface area contributed by atoms with Gasteiger partial charge in [-0.1, -0.05) is 13.0 Å². The Labute approximate surface area is 107 Å².